The molecule has 1 aliphatic heterocycles. The predicted molar refractivity (Wildman–Crippen MR) is 62.1 cm³/mol. The number of rotatable bonds is 1. The summed E-state index contributed by atoms with van der Waals surface area (Å²) in [6.45, 7) is 1.55. The van der Waals surface area contributed by atoms with Crippen molar-refractivity contribution in [3.63, 3.8) is 0 Å². The zero-order valence-corrected chi connectivity index (χ0v) is 9.57. The topological polar surface area (TPSA) is 69.6 Å². The Bertz CT molecular complexity index is 455. The molecule has 0 atom stereocenters. The lowest BCUT2D eigenvalue weighted by Crippen LogP contribution is -2.33. The van der Waals surface area contributed by atoms with Gasteiger partial charge in [-0.2, -0.15) is 0 Å². The van der Waals surface area contributed by atoms with Gasteiger partial charge >= 0.3 is 0 Å². The molecule has 0 unspecified atom stereocenters. The van der Waals surface area contributed by atoms with Crippen LogP contribution in [0.1, 0.15) is 0 Å². The van der Waals surface area contributed by atoms with Gasteiger partial charge in [0.05, 0.1) is 11.4 Å². The van der Waals surface area contributed by atoms with Crippen molar-refractivity contribution in [1.82, 2.24) is 5.32 Å². The van der Waals surface area contributed by atoms with Crippen molar-refractivity contribution >= 4 is 15.7 Å². The van der Waals surface area contributed by atoms with Crippen LogP contribution in [0.2, 0.25) is 0 Å². The quantitative estimate of drug-likeness (QED) is 0.734. The highest BCUT2D eigenvalue weighted by Crippen LogP contribution is 2.21. The van der Waals surface area contributed by atoms with Crippen molar-refractivity contribution in [1.29, 1.82) is 0 Å². The fourth-order valence-electron chi connectivity index (χ4n) is 1.66. The summed E-state index contributed by atoms with van der Waals surface area (Å²) in [7, 11) is -3.24. The molecule has 1 heterocycles. The molecule has 1 aliphatic rings. The van der Waals surface area contributed by atoms with Gasteiger partial charge in [-0.1, -0.05) is 0 Å². The molecule has 5 nitrogen and oxygen atoms in total. The molecule has 16 heavy (non-hydrogen) atoms. The molecule has 0 aromatic heterocycles. The molecule has 2 rings (SSSR count). The van der Waals surface area contributed by atoms with Crippen molar-refractivity contribution < 1.29 is 13.5 Å². The van der Waals surface area contributed by atoms with Crippen LogP contribution in [0.3, 0.4) is 0 Å². The number of nitrogens with zero attached hydrogens (tertiary/aromatic N) is 1. The maximum absolute atomic E-state index is 11.9. The molecule has 1 aromatic carbocycles. The van der Waals surface area contributed by atoms with Crippen molar-refractivity contribution in [3.8, 4) is 5.75 Å². The molecule has 88 valence electrons. The van der Waals surface area contributed by atoms with Gasteiger partial charge in [0, 0.05) is 19.6 Å². The summed E-state index contributed by atoms with van der Waals surface area (Å²) in [4.78, 5) is 0. The third-order valence-corrected chi connectivity index (χ3v) is 4.29. The highest BCUT2D eigenvalue weighted by atomic mass is 32.2. The molecule has 6 heteroatoms. The van der Waals surface area contributed by atoms with E-state index in [9.17, 15) is 8.42 Å². The minimum atomic E-state index is -3.24. The van der Waals surface area contributed by atoms with Gasteiger partial charge in [-0.25, -0.2) is 8.42 Å². The number of benzene rings is 1. The number of anilines is 1. The Morgan fingerprint density at radius 3 is 2.56 bits per heavy atom. The zero-order chi connectivity index (χ0) is 11.6. The zero-order valence-electron chi connectivity index (χ0n) is 8.76. The highest BCUT2D eigenvalue weighted by Gasteiger charge is 2.24. The monoisotopic (exact) mass is 242 g/mol. The lowest BCUT2D eigenvalue weighted by atomic mass is 10.3. The normalized spacial score (nSPS) is 20.4. The highest BCUT2D eigenvalue weighted by molar-refractivity contribution is 7.92. The van der Waals surface area contributed by atoms with Crippen LogP contribution in [-0.2, 0) is 10.0 Å². The van der Waals surface area contributed by atoms with E-state index in [0.29, 0.717) is 25.3 Å². The summed E-state index contributed by atoms with van der Waals surface area (Å²) in [5.74, 6) is 0.238. The van der Waals surface area contributed by atoms with Crippen molar-refractivity contribution in [2.24, 2.45) is 0 Å². The summed E-state index contributed by atoms with van der Waals surface area (Å²) in [6.07, 6.45) is 0. The van der Waals surface area contributed by atoms with E-state index in [0.717, 1.165) is 0 Å². The van der Waals surface area contributed by atoms with E-state index in [2.05, 4.69) is 5.32 Å². The number of aromatic hydroxyl groups is 1. The van der Waals surface area contributed by atoms with Crippen LogP contribution in [0.15, 0.2) is 24.3 Å². The molecule has 0 radical (unpaired) electrons. The largest absolute Gasteiger partial charge is 0.508 e. The summed E-state index contributed by atoms with van der Waals surface area (Å²) < 4.78 is 25.2. The fraction of sp³-hybridized carbons (Fsp3) is 0.400. The third kappa shape index (κ3) is 2.28. The third-order valence-electron chi connectivity index (χ3n) is 2.50. The molecule has 0 bridgehead atoms. The fourth-order valence-corrected chi connectivity index (χ4v) is 3.10. The molecule has 0 saturated carbocycles. The Morgan fingerprint density at radius 2 is 1.88 bits per heavy atom. The Kier molecular flexibility index (Phi) is 3.02. The number of phenols is 1. The number of hydrogen-bond donors (Lipinski definition) is 2. The van der Waals surface area contributed by atoms with E-state index in [1.54, 1.807) is 12.1 Å². The van der Waals surface area contributed by atoms with E-state index >= 15 is 0 Å². The van der Waals surface area contributed by atoms with Crippen LogP contribution >= 0.6 is 0 Å². The lowest BCUT2D eigenvalue weighted by Gasteiger charge is -2.21. The van der Waals surface area contributed by atoms with Crippen LogP contribution in [0.4, 0.5) is 5.69 Å². The maximum Gasteiger partial charge on any atom is 0.236 e. The Labute approximate surface area is 94.8 Å². The predicted octanol–water partition coefficient (Wildman–Crippen LogP) is 0.132. The minimum Gasteiger partial charge on any atom is -0.508 e. The molecular weight excluding hydrogens is 228 g/mol. The van der Waals surface area contributed by atoms with E-state index in [1.165, 1.54) is 16.4 Å². The van der Waals surface area contributed by atoms with Crippen LogP contribution in [-0.4, -0.2) is 38.9 Å². The molecule has 1 fully saturated rings. The Balaban J connectivity index is 2.33. The molecule has 0 spiro atoms. The molecule has 1 saturated heterocycles. The van der Waals surface area contributed by atoms with Gasteiger partial charge in [0.1, 0.15) is 5.75 Å². The number of phenolic OH excluding ortho intramolecular Hbond substituents is 1. The SMILES string of the molecule is O=S1(=O)CCNCCN1c1ccc(O)cc1. The number of hydrogen-bond acceptors (Lipinski definition) is 4. The maximum atomic E-state index is 11.9. The van der Waals surface area contributed by atoms with Gasteiger partial charge in [0.25, 0.3) is 0 Å². The molecule has 2 N–H and O–H groups in total. The van der Waals surface area contributed by atoms with Gasteiger partial charge in [-0.05, 0) is 24.3 Å². The van der Waals surface area contributed by atoms with Crippen molar-refractivity contribution in [2.45, 2.75) is 0 Å². The molecule has 1 aromatic rings. The Hall–Kier alpha value is -1.27. The van der Waals surface area contributed by atoms with E-state index in [4.69, 9.17) is 5.11 Å². The average molecular weight is 242 g/mol. The minimum absolute atomic E-state index is 0.105. The van der Waals surface area contributed by atoms with Gasteiger partial charge in [-0.3, -0.25) is 4.31 Å². The lowest BCUT2D eigenvalue weighted by molar-refractivity contribution is 0.475. The van der Waals surface area contributed by atoms with Gasteiger partial charge < -0.3 is 10.4 Å². The first-order valence-corrected chi connectivity index (χ1v) is 6.71. The van der Waals surface area contributed by atoms with Crippen molar-refractivity contribution in [2.75, 3.05) is 29.7 Å². The first-order valence-electron chi connectivity index (χ1n) is 5.10. The molecule has 0 aliphatic carbocycles. The van der Waals surface area contributed by atoms with Crippen LogP contribution in [0, 0.1) is 0 Å². The summed E-state index contributed by atoms with van der Waals surface area (Å²) >= 11 is 0. The number of sulfonamides is 1. The second kappa shape index (κ2) is 4.31. The van der Waals surface area contributed by atoms with E-state index in [-0.39, 0.29) is 11.5 Å². The summed E-state index contributed by atoms with van der Waals surface area (Å²) in [5, 5.41) is 12.2. The van der Waals surface area contributed by atoms with Crippen LogP contribution in [0.25, 0.3) is 0 Å². The summed E-state index contributed by atoms with van der Waals surface area (Å²) in [6, 6.07) is 6.20. The standard InChI is InChI=1S/C10H14N2O3S/c13-10-3-1-9(2-4-10)12-7-5-11-6-8-16(12,14)15/h1-4,11,13H,5-8H2. The van der Waals surface area contributed by atoms with Gasteiger partial charge in [-0.15, -0.1) is 0 Å². The van der Waals surface area contributed by atoms with Crippen LogP contribution in [0.5, 0.6) is 5.75 Å². The first-order chi connectivity index (χ1) is 7.59. The molecule has 0 amide bonds. The molecular formula is C10H14N2O3S. The second-order valence-corrected chi connectivity index (χ2v) is 5.67. The van der Waals surface area contributed by atoms with E-state index < -0.39 is 10.0 Å². The summed E-state index contributed by atoms with van der Waals surface area (Å²) in [5.41, 5.74) is 0.599. The Morgan fingerprint density at radius 1 is 1.19 bits per heavy atom. The first kappa shape index (κ1) is 11.2. The second-order valence-electron chi connectivity index (χ2n) is 3.65. The van der Waals surface area contributed by atoms with Crippen LogP contribution < -0.4 is 9.62 Å². The van der Waals surface area contributed by atoms with Gasteiger partial charge in [0.15, 0.2) is 0 Å². The van der Waals surface area contributed by atoms with Crippen molar-refractivity contribution in [3.05, 3.63) is 24.3 Å². The van der Waals surface area contributed by atoms with E-state index in [1.807, 2.05) is 0 Å². The number of nitrogens with one attached hydrogen (secondary N) is 1. The van der Waals surface area contributed by atoms with Gasteiger partial charge in [0.2, 0.25) is 10.0 Å². The average Bonchev–Trinajstić information content (AvgIpc) is 2.41. The smallest absolute Gasteiger partial charge is 0.236 e.